The van der Waals surface area contributed by atoms with E-state index in [2.05, 4.69) is 27.1 Å². The van der Waals surface area contributed by atoms with Crippen LogP contribution in [0.15, 0.2) is 24.3 Å². The smallest absolute Gasteiger partial charge is 0.246 e. The first-order chi connectivity index (χ1) is 11.7. The highest BCUT2D eigenvalue weighted by molar-refractivity contribution is 5.77. The molecule has 2 heterocycles. The van der Waals surface area contributed by atoms with E-state index in [-0.39, 0.29) is 12.5 Å². The average Bonchev–Trinajstić information content (AvgIpc) is 3.03. The molecule has 7 heteroatoms. The van der Waals surface area contributed by atoms with Crippen molar-refractivity contribution >= 4 is 16.9 Å². The maximum atomic E-state index is 11.9. The van der Waals surface area contributed by atoms with E-state index in [0.29, 0.717) is 19.2 Å². The van der Waals surface area contributed by atoms with Crippen molar-refractivity contribution in [2.45, 2.75) is 19.6 Å². The minimum absolute atomic E-state index is 0.0346. The zero-order chi connectivity index (χ0) is 16.8. The number of imidazole rings is 1. The summed E-state index contributed by atoms with van der Waals surface area (Å²) in [5, 5.41) is 2.92. The predicted molar refractivity (Wildman–Crippen MR) is 90.6 cm³/mol. The third kappa shape index (κ3) is 4.53. The lowest BCUT2D eigenvalue weighted by Gasteiger charge is -2.32. The maximum absolute atomic E-state index is 11.9. The van der Waals surface area contributed by atoms with Crippen LogP contribution >= 0.6 is 0 Å². The number of H-pyrrole nitrogens is 1. The number of hydrogen-bond donors (Lipinski definition) is 2. The molecule has 1 aliphatic rings. The minimum atomic E-state index is -0.105. The Hall–Kier alpha value is -1.96. The van der Waals surface area contributed by atoms with E-state index in [1.807, 2.05) is 24.3 Å². The third-order valence-corrected chi connectivity index (χ3v) is 4.17. The number of nitrogens with zero attached hydrogens (tertiary/aromatic N) is 2. The lowest BCUT2D eigenvalue weighted by atomic mass is 10.2. The zero-order valence-electron chi connectivity index (χ0n) is 14.0. The summed E-state index contributed by atoms with van der Waals surface area (Å²) in [6, 6.07) is 8.10. The molecule has 0 unspecified atom stereocenters. The standard InChI is InChI=1S/C17H24N4O3/c1-13(21-6-8-23-9-7-21)10-18-17(22)12-24-11-16-19-14-4-2-3-5-15(14)20-16/h2-5,13H,6-12H2,1H3,(H,18,22)(H,19,20)/t13-/m0/s1. The van der Waals surface area contributed by atoms with Crippen molar-refractivity contribution in [3.8, 4) is 0 Å². The van der Waals surface area contributed by atoms with Crippen LogP contribution < -0.4 is 5.32 Å². The maximum Gasteiger partial charge on any atom is 0.246 e. The van der Waals surface area contributed by atoms with E-state index in [9.17, 15) is 4.79 Å². The quantitative estimate of drug-likeness (QED) is 0.788. The SMILES string of the molecule is C[C@@H](CNC(=O)COCc1nc2ccccc2[nH]1)N1CCOCC1. The van der Waals surface area contributed by atoms with Crippen LogP contribution in [0.5, 0.6) is 0 Å². The number of carbonyl (C=O) groups excluding carboxylic acids is 1. The van der Waals surface area contributed by atoms with Gasteiger partial charge in [0, 0.05) is 25.7 Å². The Morgan fingerprint density at radius 3 is 3.00 bits per heavy atom. The van der Waals surface area contributed by atoms with Crippen LogP contribution in [0.3, 0.4) is 0 Å². The van der Waals surface area contributed by atoms with Crippen LogP contribution in [0.1, 0.15) is 12.7 Å². The predicted octanol–water partition coefficient (Wildman–Crippen LogP) is 0.916. The van der Waals surface area contributed by atoms with Gasteiger partial charge < -0.3 is 19.8 Å². The van der Waals surface area contributed by atoms with Gasteiger partial charge in [0.05, 0.1) is 24.2 Å². The van der Waals surface area contributed by atoms with Crippen LogP contribution in [0.4, 0.5) is 0 Å². The second-order valence-corrected chi connectivity index (χ2v) is 5.99. The Labute approximate surface area is 141 Å². The molecule has 2 N–H and O–H groups in total. The van der Waals surface area contributed by atoms with Crippen molar-refractivity contribution in [2.75, 3.05) is 39.5 Å². The summed E-state index contributed by atoms with van der Waals surface area (Å²) in [6.07, 6.45) is 0. The van der Waals surface area contributed by atoms with Crippen molar-refractivity contribution in [2.24, 2.45) is 0 Å². The molecule has 1 aromatic carbocycles. The lowest BCUT2D eigenvalue weighted by molar-refractivity contribution is -0.126. The summed E-state index contributed by atoms with van der Waals surface area (Å²) >= 11 is 0. The van der Waals surface area contributed by atoms with E-state index >= 15 is 0 Å². The molecular weight excluding hydrogens is 308 g/mol. The van der Waals surface area contributed by atoms with Gasteiger partial charge in [-0.2, -0.15) is 0 Å². The van der Waals surface area contributed by atoms with Gasteiger partial charge in [-0.15, -0.1) is 0 Å². The van der Waals surface area contributed by atoms with Crippen LogP contribution in [0.2, 0.25) is 0 Å². The van der Waals surface area contributed by atoms with Crippen molar-refractivity contribution in [1.82, 2.24) is 20.2 Å². The first-order valence-corrected chi connectivity index (χ1v) is 8.32. The Balaban J connectivity index is 1.36. The Morgan fingerprint density at radius 1 is 1.42 bits per heavy atom. The molecule has 3 rings (SSSR count). The molecule has 1 fully saturated rings. The van der Waals surface area contributed by atoms with Gasteiger partial charge in [-0.1, -0.05) is 12.1 Å². The number of rotatable bonds is 7. The molecule has 0 radical (unpaired) electrons. The van der Waals surface area contributed by atoms with Crippen molar-refractivity contribution in [3.05, 3.63) is 30.1 Å². The number of aromatic amines is 1. The number of morpholine rings is 1. The normalized spacial score (nSPS) is 17.0. The highest BCUT2D eigenvalue weighted by Gasteiger charge is 2.17. The van der Waals surface area contributed by atoms with Gasteiger partial charge in [-0.3, -0.25) is 9.69 Å². The molecule has 0 spiro atoms. The molecule has 1 aliphatic heterocycles. The number of para-hydroxylation sites is 2. The second kappa shape index (κ2) is 8.23. The first-order valence-electron chi connectivity index (χ1n) is 8.32. The van der Waals surface area contributed by atoms with Gasteiger partial charge in [-0.25, -0.2) is 4.98 Å². The number of nitrogens with one attached hydrogen (secondary N) is 2. The Kier molecular flexibility index (Phi) is 5.79. The van der Waals surface area contributed by atoms with Crippen LogP contribution in [0, 0.1) is 0 Å². The number of amides is 1. The van der Waals surface area contributed by atoms with Gasteiger partial charge >= 0.3 is 0 Å². The van der Waals surface area contributed by atoms with Crippen molar-refractivity contribution in [3.63, 3.8) is 0 Å². The monoisotopic (exact) mass is 332 g/mol. The molecule has 1 atom stereocenters. The number of benzene rings is 1. The largest absolute Gasteiger partial charge is 0.379 e. The molecule has 7 nitrogen and oxygen atoms in total. The highest BCUT2D eigenvalue weighted by atomic mass is 16.5. The summed E-state index contributed by atoms with van der Waals surface area (Å²) in [6.45, 7) is 6.42. The molecule has 1 saturated heterocycles. The molecule has 1 amide bonds. The lowest BCUT2D eigenvalue weighted by Crippen LogP contribution is -2.47. The van der Waals surface area contributed by atoms with E-state index in [0.717, 1.165) is 43.2 Å². The molecule has 0 aliphatic carbocycles. The molecule has 1 aromatic heterocycles. The molecule has 130 valence electrons. The van der Waals surface area contributed by atoms with E-state index in [4.69, 9.17) is 9.47 Å². The fourth-order valence-electron chi connectivity index (χ4n) is 2.77. The topological polar surface area (TPSA) is 79.5 Å². The zero-order valence-corrected chi connectivity index (χ0v) is 14.0. The van der Waals surface area contributed by atoms with Crippen molar-refractivity contribution < 1.29 is 14.3 Å². The van der Waals surface area contributed by atoms with E-state index < -0.39 is 0 Å². The summed E-state index contributed by atoms with van der Waals surface area (Å²) in [5.41, 5.74) is 1.87. The summed E-state index contributed by atoms with van der Waals surface area (Å²) in [7, 11) is 0. The number of aromatic nitrogens is 2. The molecular formula is C17H24N4O3. The highest BCUT2D eigenvalue weighted by Crippen LogP contribution is 2.10. The average molecular weight is 332 g/mol. The number of carbonyl (C=O) groups is 1. The van der Waals surface area contributed by atoms with Gasteiger partial charge in [0.25, 0.3) is 0 Å². The molecule has 2 aromatic rings. The molecule has 24 heavy (non-hydrogen) atoms. The van der Waals surface area contributed by atoms with Gasteiger partial charge in [0.2, 0.25) is 5.91 Å². The Morgan fingerprint density at radius 2 is 2.21 bits per heavy atom. The van der Waals surface area contributed by atoms with Crippen LogP contribution in [-0.4, -0.2) is 66.3 Å². The number of fused-ring (bicyclic) bond motifs is 1. The number of hydrogen-bond acceptors (Lipinski definition) is 5. The second-order valence-electron chi connectivity index (χ2n) is 5.99. The van der Waals surface area contributed by atoms with Gasteiger partial charge in [0.15, 0.2) is 0 Å². The van der Waals surface area contributed by atoms with Crippen molar-refractivity contribution in [1.29, 1.82) is 0 Å². The summed E-state index contributed by atoms with van der Waals surface area (Å²) < 4.78 is 10.8. The Bertz CT molecular complexity index is 634. The van der Waals surface area contributed by atoms with Gasteiger partial charge in [0.1, 0.15) is 19.0 Å². The fourth-order valence-corrected chi connectivity index (χ4v) is 2.77. The molecule has 0 bridgehead atoms. The van der Waals surface area contributed by atoms with Gasteiger partial charge in [-0.05, 0) is 19.1 Å². The van der Waals surface area contributed by atoms with E-state index in [1.165, 1.54) is 0 Å². The first kappa shape index (κ1) is 16.9. The number of ether oxygens (including phenoxy) is 2. The fraction of sp³-hybridized carbons (Fsp3) is 0.529. The summed E-state index contributed by atoms with van der Waals surface area (Å²) in [4.78, 5) is 21.8. The van der Waals surface area contributed by atoms with Crippen LogP contribution in [-0.2, 0) is 20.9 Å². The summed E-state index contributed by atoms with van der Waals surface area (Å²) in [5.74, 6) is 0.622. The van der Waals surface area contributed by atoms with Crippen LogP contribution in [0.25, 0.3) is 11.0 Å². The third-order valence-electron chi connectivity index (χ3n) is 4.17. The minimum Gasteiger partial charge on any atom is -0.379 e. The van der Waals surface area contributed by atoms with E-state index in [1.54, 1.807) is 0 Å². The molecule has 0 saturated carbocycles.